The van der Waals surface area contributed by atoms with Crippen LogP contribution in [-0.4, -0.2) is 57.1 Å². The van der Waals surface area contributed by atoms with Gasteiger partial charge in [-0.05, 0) is 31.4 Å². The van der Waals surface area contributed by atoms with Crippen LogP contribution in [0.15, 0.2) is 24.3 Å². The van der Waals surface area contributed by atoms with E-state index in [-0.39, 0.29) is 36.8 Å². The zero-order chi connectivity index (χ0) is 21.1. The van der Waals surface area contributed by atoms with Crippen molar-refractivity contribution in [3.63, 3.8) is 0 Å². The first-order valence-electron chi connectivity index (χ1n) is 10.0. The van der Waals surface area contributed by atoms with Gasteiger partial charge in [0.25, 0.3) is 5.91 Å². The molecule has 2 aliphatic rings. The van der Waals surface area contributed by atoms with Gasteiger partial charge >= 0.3 is 6.03 Å². The molecule has 1 saturated carbocycles. The van der Waals surface area contributed by atoms with E-state index in [0.29, 0.717) is 30.8 Å². The van der Waals surface area contributed by atoms with Crippen molar-refractivity contribution < 1.29 is 19.1 Å². The standard InChI is InChI=1S/C20H24N6O4/c1-30-14-8-3-2-7-13(14)16-22-18(25-24-16)21-15(27)9-6-12-26-17(28)20(23-19(26)29)10-4-5-11-20/h2-3,7-8H,4-6,9-12H2,1H3,(H,23,29)(H2,21,22,24,25,27). The highest BCUT2D eigenvalue weighted by atomic mass is 16.5. The van der Waals surface area contributed by atoms with Crippen LogP contribution in [0.5, 0.6) is 5.75 Å². The number of carbonyl (C=O) groups excluding carboxylic acids is 3. The normalized spacial score (nSPS) is 17.4. The summed E-state index contributed by atoms with van der Waals surface area (Å²) in [5.41, 5.74) is 0.0140. The van der Waals surface area contributed by atoms with Crippen LogP contribution in [0.3, 0.4) is 0 Å². The van der Waals surface area contributed by atoms with Crippen LogP contribution in [0.25, 0.3) is 11.4 Å². The average Bonchev–Trinajstić information content (AvgIpc) is 3.45. The molecule has 2 aromatic rings. The fourth-order valence-electron chi connectivity index (χ4n) is 4.06. The number of para-hydroxylation sites is 1. The predicted octanol–water partition coefficient (Wildman–Crippen LogP) is 2.06. The third kappa shape index (κ3) is 3.72. The van der Waals surface area contributed by atoms with Crippen molar-refractivity contribution in [3.8, 4) is 17.1 Å². The summed E-state index contributed by atoms with van der Waals surface area (Å²) in [4.78, 5) is 42.5. The fourth-order valence-corrected chi connectivity index (χ4v) is 4.06. The van der Waals surface area contributed by atoms with Crippen LogP contribution in [0, 0.1) is 0 Å². The maximum Gasteiger partial charge on any atom is 0.325 e. The van der Waals surface area contributed by atoms with E-state index in [9.17, 15) is 14.4 Å². The number of nitrogens with zero attached hydrogens (tertiary/aromatic N) is 3. The second-order valence-electron chi connectivity index (χ2n) is 7.54. The molecular weight excluding hydrogens is 388 g/mol. The minimum atomic E-state index is -0.715. The summed E-state index contributed by atoms with van der Waals surface area (Å²) in [5, 5.41) is 12.3. The van der Waals surface area contributed by atoms with Crippen molar-refractivity contribution in [2.75, 3.05) is 19.0 Å². The number of ether oxygens (including phenoxy) is 1. The molecule has 10 nitrogen and oxygen atoms in total. The Hall–Kier alpha value is -3.43. The van der Waals surface area contributed by atoms with Gasteiger partial charge in [-0.25, -0.2) is 4.79 Å². The molecule has 158 valence electrons. The molecule has 1 aliphatic carbocycles. The van der Waals surface area contributed by atoms with Gasteiger partial charge in [0.2, 0.25) is 11.9 Å². The number of aromatic nitrogens is 3. The SMILES string of the molecule is COc1ccccc1-c1nc(NC(=O)CCCN2C(=O)NC3(CCCC3)C2=O)n[nH]1. The number of hydrogen-bond donors (Lipinski definition) is 3. The second kappa shape index (κ2) is 8.13. The van der Waals surface area contributed by atoms with E-state index in [1.807, 2.05) is 24.3 Å². The van der Waals surface area contributed by atoms with Crippen molar-refractivity contribution in [3.05, 3.63) is 24.3 Å². The molecular formula is C20H24N6O4. The summed E-state index contributed by atoms with van der Waals surface area (Å²) in [6.45, 7) is 0.209. The fraction of sp³-hybridized carbons (Fsp3) is 0.450. The van der Waals surface area contributed by atoms with Crippen LogP contribution in [0.4, 0.5) is 10.7 Å². The summed E-state index contributed by atoms with van der Waals surface area (Å²) in [7, 11) is 1.57. The Morgan fingerprint density at radius 3 is 2.80 bits per heavy atom. The molecule has 10 heteroatoms. The smallest absolute Gasteiger partial charge is 0.325 e. The van der Waals surface area contributed by atoms with E-state index in [1.54, 1.807) is 7.11 Å². The van der Waals surface area contributed by atoms with Crippen LogP contribution in [-0.2, 0) is 9.59 Å². The van der Waals surface area contributed by atoms with Gasteiger partial charge in [0.05, 0.1) is 12.7 Å². The van der Waals surface area contributed by atoms with Crippen LogP contribution < -0.4 is 15.4 Å². The number of rotatable bonds is 7. The molecule has 0 bridgehead atoms. The molecule has 1 aromatic carbocycles. The zero-order valence-electron chi connectivity index (χ0n) is 16.7. The average molecular weight is 412 g/mol. The van der Waals surface area contributed by atoms with E-state index in [1.165, 1.54) is 4.90 Å². The molecule has 0 radical (unpaired) electrons. The van der Waals surface area contributed by atoms with Gasteiger partial charge in [0.1, 0.15) is 11.3 Å². The van der Waals surface area contributed by atoms with Crippen LogP contribution in [0.1, 0.15) is 38.5 Å². The summed E-state index contributed by atoms with van der Waals surface area (Å²) in [5.74, 6) is 0.814. The summed E-state index contributed by atoms with van der Waals surface area (Å²) in [6.07, 6.45) is 3.76. The Morgan fingerprint density at radius 2 is 2.03 bits per heavy atom. The third-order valence-electron chi connectivity index (χ3n) is 5.59. The number of anilines is 1. The molecule has 0 atom stereocenters. The third-order valence-corrected chi connectivity index (χ3v) is 5.59. The highest BCUT2D eigenvalue weighted by molar-refractivity contribution is 6.07. The molecule has 4 amide bonds. The first-order valence-corrected chi connectivity index (χ1v) is 10.0. The molecule has 4 rings (SSSR count). The molecule has 30 heavy (non-hydrogen) atoms. The zero-order valence-corrected chi connectivity index (χ0v) is 16.7. The van der Waals surface area contributed by atoms with Gasteiger partial charge in [-0.2, -0.15) is 4.98 Å². The highest BCUT2D eigenvalue weighted by Gasteiger charge is 2.52. The van der Waals surface area contributed by atoms with Gasteiger partial charge in [0.15, 0.2) is 5.82 Å². The first-order chi connectivity index (χ1) is 14.5. The van der Waals surface area contributed by atoms with Gasteiger partial charge in [-0.1, -0.05) is 25.0 Å². The van der Waals surface area contributed by atoms with Gasteiger partial charge in [-0.15, -0.1) is 5.10 Å². The molecule has 2 heterocycles. The van der Waals surface area contributed by atoms with Crippen molar-refractivity contribution in [2.24, 2.45) is 0 Å². The van der Waals surface area contributed by atoms with E-state index in [0.717, 1.165) is 18.4 Å². The van der Waals surface area contributed by atoms with Crippen molar-refractivity contribution in [2.45, 2.75) is 44.1 Å². The maximum atomic E-state index is 12.6. The van der Waals surface area contributed by atoms with E-state index < -0.39 is 5.54 Å². The number of hydrogen-bond acceptors (Lipinski definition) is 6. The summed E-state index contributed by atoms with van der Waals surface area (Å²) >= 11 is 0. The topological polar surface area (TPSA) is 129 Å². The molecule has 0 unspecified atom stereocenters. The molecule has 3 N–H and O–H groups in total. The van der Waals surface area contributed by atoms with E-state index in [4.69, 9.17) is 4.74 Å². The molecule has 1 saturated heterocycles. The number of aromatic amines is 1. The predicted molar refractivity (Wildman–Crippen MR) is 108 cm³/mol. The van der Waals surface area contributed by atoms with Crippen molar-refractivity contribution in [1.82, 2.24) is 25.4 Å². The van der Waals surface area contributed by atoms with Gasteiger partial charge in [0, 0.05) is 13.0 Å². The number of urea groups is 1. The number of benzene rings is 1. The Kier molecular flexibility index (Phi) is 5.39. The number of H-pyrrole nitrogens is 1. The minimum absolute atomic E-state index is 0.141. The lowest BCUT2D eigenvalue weighted by Crippen LogP contribution is -2.44. The molecule has 1 aromatic heterocycles. The summed E-state index contributed by atoms with van der Waals surface area (Å²) in [6, 6.07) is 6.98. The monoisotopic (exact) mass is 412 g/mol. The number of amides is 4. The lowest BCUT2D eigenvalue weighted by atomic mass is 9.98. The largest absolute Gasteiger partial charge is 0.496 e. The lowest BCUT2D eigenvalue weighted by molar-refractivity contribution is -0.131. The second-order valence-corrected chi connectivity index (χ2v) is 7.54. The quantitative estimate of drug-likeness (QED) is 0.597. The van der Waals surface area contributed by atoms with Gasteiger partial charge < -0.3 is 10.1 Å². The number of carbonyl (C=O) groups is 3. The minimum Gasteiger partial charge on any atom is -0.496 e. The molecule has 1 aliphatic heterocycles. The number of methoxy groups -OCH3 is 1. The Bertz CT molecular complexity index is 966. The number of imide groups is 1. The molecule has 2 fully saturated rings. The van der Waals surface area contributed by atoms with Crippen molar-refractivity contribution in [1.29, 1.82) is 0 Å². The Morgan fingerprint density at radius 1 is 1.27 bits per heavy atom. The van der Waals surface area contributed by atoms with E-state index >= 15 is 0 Å². The van der Waals surface area contributed by atoms with Crippen LogP contribution >= 0.6 is 0 Å². The van der Waals surface area contributed by atoms with Gasteiger partial charge in [-0.3, -0.25) is 24.9 Å². The molecule has 1 spiro atoms. The maximum absolute atomic E-state index is 12.6. The Balaban J connectivity index is 1.29. The van der Waals surface area contributed by atoms with E-state index in [2.05, 4.69) is 25.8 Å². The Labute approximate surface area is 173 Å². The highest BCUT2D eigenvalue weighted by Crippen LogP contribution is 2.35. The van der Waals surface area contributed by atoms with Crippen LogP contribution in [0.2, 0.25) is 0 Å². The van der Waals surface area contributed by atoms with Crippen molar-refractivity contribution >= 4 is 23.8 Å². The number of nitrogens with one attached hydrogen (secondary N) is 3. The lowest BCUT2D eigenvalue weighted by Gasteiger charge is -2.19. The summed E-state index contributed by atoms with van der Waals surface area (Å²) < 4.78 is 5.30. The first kappa shape index (κ1) is 19.9.